The third-order valence-electron chi connectivity index (χ3n) is 4.04. The number of fused-ring (bicyclic) bond motifs is 1. The molecule has 2 aliphatic rings. The molecule has 0 aromatic rings. The van der Waals surface area contributed by atoms with Gasteiger partial charge in [0.2, 0.25) is 5.78 Å². The van der Waals surface area contributed by atoms with Crippen molar-refractivity contribution in [2.24, 2.45) is 17.3 Å². The first-order valence-corrected chi connectivity index (χ1v) is 5.52. The van der Waals surface area contributed by atoms with Crippen molar-refractivity contribution in [3.8, 4) is 0 Å². The Hall–Kier alpha value is -1.38. The molecular weight excluding hydrogens is 204 g/mol. The maximum Gasteiger partial charge on any atom is 0.201 e. The number of rotatable bonds is 1. The first kappa shape index (κ1) is 11.1. The van der Waals surface area contributed by atoms with Crippen LogP contribution >= 0.6 is 0 Å². The largest absolute Gasteiger partial charge is 0.493 e. The van der Waals surface area contributed by atoms with Crippen LogP contribution in [0.15, 0.2) is 24.0 Å². The van der Waals surface area contributed by atoms with E-state index in [-0.39, 0.29) is 29.2 Å². The Labute approximate surface area is 95.2 Å². The van der Waals surface area contributed by atoms with Crippen LogP contribution in [0.25, 0.3) is 0 Å². The van der Waals surface area contributed by atoms with Crippen molar-refractivity contribution in [1.82, 2.24) is 0 Å². The lowest BCUT2D eigenvalue weighted by Crippen LogP contribution is -2.48. The second-order valence-corrected chi connectivity index (χ2v) is 4.73. The van der Waals surface area contributed by atoms with E-state index in [1.54, 1.807) is 0 Å². The number of Topliss-reactive ketones (excluding diaryl/α,β-unsaturated/α-hetero) is 1. The molecule has 16 heavy (non-hydrogen) atoms. The maximum absolute atomic E-state index is 12.1. The van der Waals surface area contributed by atoms with E-state index in [0.29, 0.717) is 6.42 Å². The van der Waals surface area contributed by atoms with Crippen LogP contribution in [0.4, 0.5) is 0 Å². The molecule has 0 radical (unpaired) electrons. The fourth-order valence-corrected chi connectivity index (χ4v) is 2.63. The van der Waals surface area contributed by atoms with E-state index in [2.05, 4.69) is 0 Å². The first-order chi connectivity index (χ1) is 7.51. The van der Waals surface area contributed by atoms with Gasteiger partial charge in [-0.15, -0.1) is 0 Å². The van der Waals surface area contributed by atoms with E-state index in [9.17, 15) is 9.59 Å². The summed E-state index contributed by atoms with van der Waals surface area (Å²) in [5.74, 6) is -0.00104. The molecule has 0 saturated carbocycles. The van der Waals surface area contributed by atoms with Gasteiger partial charge in [0, 0.05) is 17.4 Å². The van der Waals surface area contributed by atoms with Crippen molar-refractivity contribution in [3.63, 3.8) is 0 Å². The van der Waals surface area contributed by atoms with Crippen LogP contribution < -0.4 is 0 Å². The van der Waals surface area contributed by atoms with Gasteiger partial charge in [-0.25, -0.2) is 0 Å². The van der Waals surface area contributed by atoms with E-state index in [0.717, 1.165) is 0 Å². The Morgan fingerprint density at radius 1 is 1.44 bits per heavy atom. The van der Waals surface area contributed by atoms with Gasteiger partial charge in [-0.2, -0.15) is 0 Å². The Morgan fingerprint density at radius 3 is 2.75 bits per heavy atom. The van der Waals surface area contributed by atoms with Crippen molar-refractivity contribution in [1.29, 1.82) is 0 Å². The van der Waals surface area contributed by atoms with Gasteiger partial charge in [-0.1, -0.05) is 26.0 Å². The molecule has 0 amide bonds. The Bertz CT molecular complexity index is 405. The molecule has 0 heterocycles. The number of carbonyl (C=O) groups excluding carboxylic acids is 2. The summed E-state index contributed by atoms with van der Waals surface area (Å²) in [4.78, 5) is 24.2. The van der Waals surface area contributed by atoms with Crippen LogP contribution in [0.5, 0.6) is 0 Å². The Morgan fingerprint density at radius 2 is 2.12 bits per heavy atom. The average Bonchev–Trinajstić information content (AvgIpc) is 2.27. The molecule has 0 aliphatic heterocycles. The number of ketones is 2. The molecule has 0 N–H and O–H groups in total. The smallest absolute Gasteiger partial charge is 0.201 e. The summed E-state index contributed by atoms with van der Waals surface area (Å²) in [7, 11) is 1.43. The number of hydrogen-bond donors (Lipinski definition) is 0. The highest BCUT2D eigenvalue weighted by atomic mass is 16.5. The molecule has 0 saturated heterocycles. The maximum atomic E-state index is 12.1. The van der Waals surface area contributed by atoms with E-state index in [4.69, 9.17) is 4.74 Å². The standard InChI is InChI=1S/C13H16O3/c1-8-5-4-6-9-12(15)10(16-3)7-11(14)13(8,9)2/h4-5,7-9H,6H2,1-3H3/t8-,9-,13-/m1/s1. The molecule has 86 valence electrons. The lowest BCUT2D eigenvalue weighted by atomic mass is 9.58. The number of allylic oxidation sites excluding steroid dienone is 4. The zero-order chi connectivity index (χ0) is 11.9. The van der Waals surface area contributed by atoms with Crippen LogP contribution in [-0.4, -0.2) is 18.7 Å². The van der Waals surface area contributed by atoms with Crippen molar-refractivity contribution in [2.45, 2.75) is 20.3 Å². The fourth-order valence-electron chi connectivity index (χ4n) is 2.63. The second kappa shape index (κ2) is 3.58. The summed E-state index contributed by atoms with van der Waals surface area (Å²) in [6, 6.07) is 0. The van der Waals surface area contributed by atoms with Crippen LogP contribution in [0.2, 0.25) is 0 Å². The first-order valence-electron chi connectivity index (χ1n) is 5.52. The number of methoxy groups -OCH3 is 1. The third-order valence-corrected chi connectivity index (χ3v) is 4.04. The predicted molar refractivity (Wildman–Crippen MR) is 59.6 cm³/mol. The van der Waals surface area contributed by atoms with Gasteiger partial charge in [-0.05, 0) is 12.3 Å². The van der Waals surface area contributed by atoms with Crippen molar-refractivity contribution < 1.29 is 14.3 Å². The summed E-state index contributed by atoms with van der Waals surface area (Å²) in [5, 5.41) is 0. The van der Waals surface area contributed by atoms with Gasteiger partial charge in [0.25, 0.3) is 0 Å². The number of carbonyl (C=O) groups is 2. The SMILES string of the molecule is COC1=CC(=O)[C@]2(C)[C@H](C)C=CC[C@@H]2C1=O. The molecule has 0 unspecified atom stereocenters. The summed E-state index contributed by atoms with van der Waals surface area (Å²) in [6.07, 6.45) is 5.99. The summed E-state index contributed by atoms with van der Waals surface area (Å²) < 4.78 is 4.97. The monoisotopic (exact) mass is 220 g/mol. The van der Waals surface area contributed by atoms with Gasteiger partial charge in [0.05, 0.1) is 7.11 Å². The highest BCUT2D eigenvalue weighted by molar-refractivity contribution is 6.11. The van der Waals surface area contributed by atoms with Crippen LogP contribution in [0.1, 0.15) is 20.3 Å². The molecule has 2 rings (SSSR count). The summed E-state index contributed by atoms with van der Waals surface area (Å²) in [6.45, 7) is 3.87. The molecule has 2 aliphatic carbocycles. The van der Waals surface area contributed by atoms with Crippen molar-refractivity contribution >= 4 is 11.6 Å². The lowest BCUT2D eigenvalue weighted by molar-refractivity contribution is -0.140. The Balaban J connectivity index is 2.51. The van der Waals surface area contributed by atoms with Crippen LogP contribution in [-0.2, 0) is 14.3 Å². The van der Waals surface area contributed by atoms with Crippen LogP contribution in [0, 0.1) is 17.3 Å². The van der Waals surface area contributed by atoms with Gasteiger partial charge in [0.15, 0.2) is 11.5 Å². The average molecular weight is 220 g/mol. The molecule has 0 aromatic carbocycles. The van der Waals surface area contributed by atoms with E-state index >= 15 is 0 Å². The van der Waals surface area contributed by atoms with Crippen LogP contribution in [0.3, 0.4) is 0 Å². The van der Waals surface area contributed by atoms with Gasteiger partial charge >= 0.3 is 0 Å². The molecule has 0 spiro atoms. The van der Waals surface area contributed by atoms with E-state index < -0.39 is 5.41 Å². The Kier molecular flexibility index (Phi) is 2.49. The second-order valence-electron chi connectivity index (χ2n) is 4.73. The molecule has 3 atom stereocenters. The zero-order valence-electron chi connectivity index (χ0n) is 9.82. The van der Waals surface area contributed by atoms with E-state index in [1.807, 2.05) is 26.0 Å². The molecule has 3 heteroatoms. The summed E-state index contributed by atoms with van der Waals surface area (Å²) in [5.41, 5.74) is -0.589. The topological polar surface area (TPSA) is 43.4 Å². The molecule has 0 bridgehead atoms. The third kappa shape index (κ3) is 1.27. The normalized spacial score (nSPS) is 38.1. The number of hydrogen-bond acceptors (Lipinski definition) is 3. The molecule has 3 nitrogen and oxygen atoms in total. The highest BCUT2D eigenvalue weighted by Gasteiger charge is 2.51. The van der Waals surface area contributed by atoms with Crippen molar-refractivity contribution in [3.05, 3.63) is 24.0 Å². The lowest BCUT2D eigenvalue weighted by Gasteiger charge is -2.43. The van der Waals surface area contributed by atoms with Gasteiger partial charge < -0.3 is 4.74 Å². The summed E-state index contributed by atoms with van der Waals surface area (Å²) >= 11 is 0. The molecule has 0 fully saturated rings. The number of ether oxygens (including phenoxy) is 1. The predicted octanol–water partition coefficient (Wildman–Crippen LogP) is 1.89. The molecule has 0 aromatic heterocycles. The quantitative estimate of drug-likeness (QED) is 0.634. The van der Waals surface area contributed by atoms with Gasteiger partial charge in [0.1, 0.15) is 0 Å². The minimum absolute atomic E-state index is 0.00537. The minimum Gasteiger partial charge on any atom is -0.493 e. The minimum atomic E-state index is -0.589. The van der Waals surface area contributed by atoms with E-state index in [1.165, 1.54) is 13.2 Å². The molecular formula is C13H16O3. The zero-order valence-corrected chi connectivity index (χ0v) is 9.82. The van der Waals surface area contributed by atoms with Gasteiger partial charge in [-0.3, -0.25) is 9.59 Å². The fraction of sp³-hybridized carbons (Fsp3) is 0.538. The van der Waals surface area contributed by atoms with Crippen molar-refractivity contribution in [2.75, 3.05) is 7.11 Å². The highest BCUT2D eigenvalue weighted by Crippen LogP contribution is 2.46.